The third-order valence-electron chi connectivity index (χ3n) is 4.49. The van der Waals surface area contributed by atoms with Crippen molar-refractivity contribution in [3.8, 4) is 0 Å². The predicted molar refractivity (Wildman–Crippen MR) is 80.5 cm³/mol. The topological polar surface area (TPSA) is 66.8 Å². The van der Waals surface area contributed by atoms with Gasteiger partial charge in [-0.1, -0.05) is 0 Å². The van der Waals surface area contributed by atoms with Crippen LogP contribution in [0.4, 0.5) is 0 Å². The second-order valence-corrected chi connectivity index (χ2v) is 5.83. The molecule has 7 heteroatoms. The maximum atomic E-state index is 12.6. The van der Waals surface area contributed by atoms with E-state index in [4.69, 9.17) is 4.74 Å². The Morgan fingerprint density at radius 1 is 1.41 bits per heavy atom. The first kappa shape index (κ1) is 15.1. The highest BCUT2D eigenvalue weighted by Crippen LogP contribution is 2.24. The summed E-state index contributed by atoms with van der Waals surface area (Å²) in [7, 11) is 3.50. The lowest BCUT2D eigenvalue weighted by atomic mass is 10.1. The fourth-order valence-corrected chi connectivity index (χ4v) is 3.23. The van der Waals surface area contributed by atoms with Gasteiger partial charge in [0.15, 0.2) is 0 Å². The summed E-state index contributed by atoms with van der Waals surface area (Å²) in [6, 6.07) is 3.79. The second-order valence-electron chi connectivity index (χ2n) is 5.83. The minimum Gasteiger partial charge on any atom is -0.373 e. The SMILES string of the molecule is CNC(=O)CN1CCO[C@H]2CN(C(=O)c3cccn3C)C[C@H]21. The molecule has 2 atom stereocenters. The van der Waals surface area contributed by atoms with Gasteiger partial charge in [-0.05, 0) is 12.1 Å². The minimum atomic E-state index is -0.0115. The summed E-state index contributed by atoms with van der Waals surface area (Å²) >= 11 is 0. The van der Waals surface area contributed by atoms with Crippen LogP contribution in [-0.2, 0) is 16.6 Å². The van der Waals surface area contributed by atoms with Gasteiger partial charge in [-0.25, -0.2) is 0 Å². The van der Waals surface area contributed by atoms with Gasteiger partial charge in [0.25, 0.3) is 5.91 Å². The number of carbonyl (C=O) groups is 2. The van der Waals surface area contributed by atoms with Crippen LogP contribution in [0.3, 0.4) is 0 Å². The number of hydrogen-bond acceptors (Lipinski definition) is 4. The van der Waals surface area contributed by atoms with E-state index in [1.807, 2.05) is 34.8 Å². The molecule has 0 aromatic carbocycles. The molecular weight excluding hydrogens is 284 g/mol. The van der Waals surface area contributed by atoms with Crippen molar-refractivity contribution in [2.24, 2.45) is 7.05 Å². The van der Waals surface area contributed by atoms with E-state index in [1.165, 1.54) is 0 Å². The Labute approximate surface area is 129 Å². The van der Waals surface area contributed by atoms with E-state index < -0.39 is 0 Å². The van der Waals surface area contributed by atoms with Crippen molar-refractivity contribution in [3.63, 3.8) is 0 Å². The summed E-state index contributed by atoms with van der Waals surface area (Å²) in [5.74, 6) is 0.0123. The molecule has 1 N–H and O–H groups in total. The van der Waals surface area contributed by atoms with Gasteiger partial charge in [0.2, 0.25) is 5.91 Å². The molecule has 2 aliphatic rings. The van der Waals surface area contributed by atoms with E-state index in [-0.39, 0.29) is 24.0 Å². The number of likely N-dealkylation sites (tertiary alicyclic amines) is 1. The van der Waals surface area contributed by atoms with Gasteiger partial charge in [0.05, 0.1) is 25.3 Å². The van der Waals surface area contributed by atoms with Gasteiger partial charge in [0.1, 0.15) is 5.69 Å². The summed E-state index contributed by atoms with van der Waals surface area (Å²) in [6.07, 6.45) is 1.85. The number of likely N-dealkylation sites (N-methyl/N-ethyl adjacent to an activating group) is 1. The lowest BCUT2D eigenvalue weighted by Gasteiger charge is -2.35. The van der Waals surface area contributed by atoms with Crippen molar-refractivity contribution in [1.82, 2.24) is 19.7 Å². The summed E-state index contributed by atoms with van der Waals surface area (Å²) in [5, 5.41) is 2.65. The van der Waals surface area contributed by atoms with Gasteiger partial charge in [-0.3, -0.25) is 14.5 Å². The average Bonchev–Trinajstić information content (AvgIpc) is 3.13. The number of aryl methyl sites for hydroxylation is 1. The molecule has 22 heavy (non-hydrogen) atoms. The zero-order valence-electron chi connectivity index (χ0n) is 13.0. The number of carbonyl (C=O) groups excluding carboxylic acids is 2. The Morgan fingerprint density at radius 2 is 2.23 bits per heavy atom. The largest absolute Gasteiger partial charge is 0.373 e. The molecule has 1 aromatic heterocycles. The first-order valence-corrected chi connectivity index (χ1v) is 7.57. The van der Waals surface area contributed by atoms with Gasteiger partial charge in [-0.15, -0.1) is 0 Å². The summed E-state index contributed by atoms with van der Waals surface area (Å²) in [5.41, 5.74) is 0.677. The number of ether oxygens (including phenoxy) is 1. The fourth-order valence-electron chi connectivity index (χ4n) is 3.23. The fraction of sp³-hybridized carbons (Fsp3) is 0.600. The molecule has 0 bridgehead atoms. The van der Waals surface area contributed by atoms with Crippen LogP contribution < -0.4 is 5.32 Å². The Balaban J connectivity index is 1.70. The molecule has 3 heterocycles. The van der Waals surface area contributed by atoms with Crippen molar-refractivity contribution in [2.75, 3.05) is 39.8 Å². The van der Waals surface area contributed by atoms with E-state index in [1.54, 1.807) is 7.05 Å². The smallest absolute Gasteiger partial charge is 0.270 e. The van der Waals surface area contributed by atoms with Gasteiger partial charge in [-0.2, -0.15) is 0 Å². The monoisotopic (exact) mass is 306 g/mol. The normalized spacial score (nSPS) is 25.1. The second kappa shape index (κ2) is 6.10. The number of nitrogens with zero attached hydrogens (tertiary/aromatic N) is 3. The third-order valence-corrected chi connectivity index (χ3v) is 4.49. The van der Waals surface area contributed by atoms with Crippen LogP contribution in [0.5, 0.6) is 0 Å². The van der Waals surface area contributed by atoms with E-state index in [0.717, 1.165) is 6.54 Å². The zero-order valence-corrected chi connectivity index (χ0v) is 13.0. The Bertz CT molecular complexity index is 571. The molecule has 3 rings (SSSR count). The van der Waals surface area contributed by atoms with Crippen molar-refractivity contribution in [1.29, 1.82) is 0 Å². The maximum Gasteiger partial charge on any atom is 0.270 e. The van der Waals surface area contributed by atoms with Gasteiger partial charge >= 0.3 is 0 Å². The quantitative estimate of drug-likeness (QED) is 0.802. The van der Waals surface area contributed by atoms with Crippen LogP contribution in [0.25, 0.3) is 0 Å². The molecule has 2 fully saturated rings. The Kier molecular flexibility index (Phi) is 4.17. The van der Waals surface area contributed by atoms with Crippen LogP contribution in [0.1, 0.15) is 10.5 Å². The lowest BCUT2D eigenvalue weighted by molar-refractivity contribution is -0.125. The van der Waals surface area contributed by atoms with Crippen molar-refractivity contribution in [3.05, 3.63) is 24.0 Å². The molecule has 0 unspecified atom stereocenters. The molecule has 0 aliphatic carbocycles. The zero-order chi connectivity index (χ0) is 15.7. The van der Waals surface area contributed by atoms with Gasteiger partial charge < -0.3 is 19.5 Å². The first-order chi connectivity index (χ1) is 10.6. The van der Waals surface area contributed by atoms with Crippen LogP contribution in [-0.4, -0.2) is 78.2 Å². The molecule has 7 nitrogen and oxygen atoms in total. The molecule has 2 amide bonds. The number of aromatic nitrogens is 1. The molecule has 2 aliphatic heterocycles. The van der Waals surface area contributed by atoms with Crippen molar-refractivity contribution < 1.29 is 14.3 Å². The first-order valence-electron chi connectivity index (χ1n) is 7.57. The van der Waals surface area contributed by atoms with Gasteiger partial charge in [0, 0.05) is 39.9 Å². The Hall–Kier alpha value is -1.86. The molecule has 0 spiro atoms. The lowest BCUT2D eigenvalue weighted by Crippen LogP contribution is -2.53. The summed E-state index contributed by atoms with van der Waals surface area (Å²) in [4.78, 5) is 28.2. The van der Waals surface area contributed by atoms with E-state index in [2.05, 4.69) is 10.2 Å². The number of morpholine rings is 1. The standard InChI is InChI=1S/C15H22N4O3/c1-16-14(20)10-18-6-7-22-13-9-19(8-12(13)18)15(21)11-4-3-5-17(11)2/h3-5,12-13H,6-10H2,1-2H3,(H,16,20)/t12-,13+/m1/s1. The summed E-state index contributed by atoms with van der Waals surface area (Å²) in [6.45, 7) is 2.86. The summed E-state index contributed by atoms with van der Waals surface area (Å²) < 4.78 is 7.63. The van der Waals surface area contributed by atoms with Crippen molar-refractivity contribution >= 4 is 11.8 Å². The van der Waals surface area contributed by atoms with Crippen LogP contribution in [0.2, 0.25) is 0 Å². The number of amides is 2. The average molecular weight is 306 g/mol. The van der Waals surface area contributed by atoms with Crippen LogP contribution in [0, 0.1) is 0 Å². The minimum absolute atomic E-state index is 0.00661. The highest BCUT2D eigenvalue weighted by Gasteiger charge is 2.42. The van der Waals surface area contributed by atoms with E-state index >= 15 is 0 Å². The Morgan fingerprint density at radius 3 is 2.91 bits per heavy atom. The highest BCUT2D eigenvalue weighted by atomic mass is 16.5. The molecule has 0 saturated carbocycles. The third kappa shape index (κ3) is 2.74. The highest BCUT2D eigenvalue weighted by molar-refractivity contribution is 5.93. The number of fused-ring (bicyclic) bond motifs is 1. The number of nitrogens with one attached hydrogen (secondary N) is 1. The van der Waals surface area contributed by atoms with E-state index in [9.17, 15) is 9.59 Å². The molecular formula is C15H22N4O3. The maximum absolute atomic E-state index is 12.6. The van der Waals surface area contributed by atoms with Crippen molar-refractivity contribution in [2.45, 2.75) is 12.1 Å². The molecule has 2 saturated heterocycles. The van der Waals surface area contributed by atoms with Crippen LogP contribution in [0.15, 0.2) is 18.3 Å². The van der Waals surface area contributed by atoms with Crippen LogP contribution >= 0.6 is 0 Å². The number of rotatable bonds is 3. The van der Waals surface area contributed by atoms with E-state index in [0.29, 0.717) is 31.9 Å². The molecule has 120 valence electrons. The molecule has 0 radical (unpaired) electrons. The molecule has 1 aromatic rings. The number of hydrogen-bond donors (Lipinski definition) is 1. The predicted octanol–water partition coefficient (Wildman–Crippen LogP) is -0.704.